The third-order valence-electron chi connectivity index (χ3n) is 3.73. The van der Waals surface area contributed by atoms with Gasteiger partial charge in [0.2, 0.25) is 5.91 Å². The quantitative estimate of drug-likeness (QED) is 0.425. The first-order valence-corrected chi connectivity index (χ1v) is 10.8. The maximum absolute atomic E-state index is 12.4. The molecular formula is C20H16Cl2N2O2S2. The molecule has 0 aliphatic carbocycles. The normalized spacial score (nSPS) is 11.7. The number of carbonyl (C=O) groups is 2. The Morgan fingerprint density at radius 2 is 1.68 bits per heavy atom. The number of amides is 2. The summed E-state index contributed by atoms with van der Waals surface area (Å²) >= 11 is 14.7. The molecule has 0 radical (unpaired) electrons. The number of carbonyl (C=O) groups excluding carboxylic acids is 2. The molecule has 1 aromatic heterocycles. The van der Waals surface area contributed by atoms with Crippen molar-refractivity contribution in [1.82, 2.24) is 0 Å². The molecular weight excluding hydrogens is 435 g/mol. The van der Waals surface area contributed by atoms with Crippen molar-refractivity contribution in [3.8, 4) is 0 Å². The monoisotopic (exact) mass is 450 g/mol. The Hall–Kier alpha value is -1.99. The Kier molecular flexibility index (Phi) is 7.02. The van der Waals surface area contributed by atoms with Crippen LogP contribution in [0.25, 0.3) is 0 Å². The van der Waals surface area contributed by atoms with Gasteiger partial charge in [0.25, 0.3) is 5.91 Å². The Labute approximate surface area is 181 Å². The molecule has 1 heterocycles. The average Bonchev–Trinajstić information content (AvgIpc) is 3.21. The minimum absolute atomic E-state index is 0.134. The van der Waals surface area contributed by atoms with E-state index in [9.17, 15) is 9.59 Å². The van der Waals surface area contributed by atoms with E-state index in [1.54, 1.807) is 24.3 Å². The molecule has 3 aromatic rings. The first kappa shape index (κ1) is 20.7. The number of halogens is 2. The van der Waals surface area contributed by atoms with Crippen molar-refractivity contribution in [2.45, 2.75) is 17.1 Å². The minimum Gasteiger partial charge on any atom is -0.325 e. The molecule has 0 bridgehead atoms. The minimum atomic E-state index is -0.319. The molecule has 144 valence electrons. The molecule has 0 spiro atoms. The van der Waals surface area contributed by atoms with Crippen molar-refractivity contribution in [1.29, 1.82) is 0 Å². The van der Waals surface area contributed by atoms with Gasteiger partial charge in [-0.1, -0.05) is 29.3 Å². The van der Waals surface area contributed by atoms with Crippen LogP contribution in [-0.2, 0) is 4.79 Å². The molecule has 0 saturated heterocycles. The zero-order chi connectivity index (χ0) is 20.1. The number of rotatable bonds is 6. The van der Waals surface area contributed by atoms with Gasteiger partial charge >= 0.3 is 0 Å². The van der Waals surface area contributed by atoms with Gasteiger partial charge in [0.05, 0.1) is 20.2 Å². The predicted molar refractivity (Wildman–Crippen MR) is 119 cm³/mol. The summed E-state index contributed by atoms with van der Waals surface area (Å²) in [6, 6.07) is 15.9. The number of benzene rings is 2. The van der Waals surface area contributed by atoms with Crippen molar-refractivity contribution < 1.29 is 9.59 Å². The summed E-state index contributed by atoms with van der Waals surface area (Å²) in [5, 5.41) is 8.04. The van der Waals surface area contributed by atoms with Crippen LogP contribution in [0.4, 0.5) is 11.4 Å². The largest absolute Gasteiger partial charge is 0.325 e. The third-order valence-corrected chi connectivity index (χ3v) is 6.45. The van der Waals surface area contributed by atoms with Gasteiger partial charge < -0.3 is 10.6 Å². The summed E-state index contributed by atoms with van der Waals surface area (Å²) in [4.78, 5) is 26.0. The Morgan fingerprint density at radius 3 is 2.32 bits per heavy atom. The lowest BCUT2D eigenvalue weighted by atomic mass is 10.3. The second kappa shape index (κ2) is 9.47. The van der Waals surface area contributed by atoms with Crippen LogP contribution in [0.15, 0.2) is 64.9 Å². The number of thioether (sulfide) groups is 1. The lowest BCUT2D eigenvalue weighted by Gasteiger charge is -2.13. The predicted octanol–water partition coefficient (Wildman–Crippen LogP) is 6.43. The molecule has 4 nitrogen and oxygen atoms in total. The van der Waals surface area contributed by atoms with Crippen LogP contribution in [0.3, 0.4) is 0 Å². The first-order valence-electron chi connectivity index (χ1n) is 8.30. The van der Waals surface area contributed by atoms with Crippen LogP contribution < -0.4 is 10.6 Å². The molecule has 1 atom stereocenters. The van der Waals surface area contributed by atoms with Crippen molar-refractivity contribution in [3.63, 3.8) is 0 Å². The van der Waals surface area contributed by atoms with Crippen LogP contribution in [0.1, 0.15) is 16.6 Å². The number of hydrogen-bond acceptors (Lipinski definition) is 4. The van der Waals surface area contributed by atoms with Crippen LogP contribution in [0, 0.1) is 0 Å². The molecule has 28 heavy (non-hydrogen) atoms. The van der Waals surface area contributed by atoms with E-state index in [0.717, 1.165) is 4.90 Å². The highest BCUT2D eigenvalue weighted by molar-refractivity contribution is 8.00. The maximum atomic E-state index is 12.4. The van der Waals surface area contributed by atoms with Gasteiger partial charge in [-0.15, -0.1) is 23.1 Å². The Balaban J connectivity index is 1.56. The van der Waals surface area contributed by atoms with Gasteiger partial charge in [0.15, 0.2) is 0 Å². The fourth-order valence-electron chi connectivity index (χ4n) is 2.29. The molecule has 3 rings (SSSR count). The molecule has 0 saturated carbocycles. The van der Waals surface area contributed by atoms with Gasteiger partial charge in [-0.05, 0) is 60.8 Å². The van der Waals surface area contributed by atoms with Gasteiger partial charge in [-0.2, -0.15) is 0 Å². The summed E-state index contributed by atoms with van der Waals surface area (Å²) in [5.41, 5.74) is 1.30. The van der Waals surface area contributed by atoms with Crippen molar-refractivity contribution in [2.24, 2.45) is 0 Å². The number of nitrogens with one attached hydrogen (secondary N) is 2. The first-order chi connectivity index (χ1) is 13.4. The van der Waals surface area contributed by atoms with Crippen LogP contribution >= 0.6 is 46.3 Å². The molecule has 0 aliphatic rings. The molecule has 8 heteroatoms. The molecule has 2 aromatic carbocycles. The van der Waals surface area contributed by atoms with Crippen molar-refractivity contribution in [2.75, 3.05) is 10.6 Å². The fraction of sp³-hybridized carbons (Fsp3) is 0.100. The highest BCUT2D eigenvalue weighted by atomic mass is 35.5. The SMILES string of the molecule is CC(Sc1ccc(NC(=O)c2cccs2)cc1)C(=O)Nc1ccc(Cl)c(Cl)c1. The van der Waals surface area contributed by atoms with Gasteiger partial charge in [0.1, 0.15) is 0 Å². The van der Waals surface area contributed by atoms with E-state index < -0.39 is 0 Å². The van der Waals surface area contributed by atoms with E-state index >= 15 is 0 Å². The standard InChI is InChI=1S/C20H16Cl2N2O2S2/c1-12(19(25)24-14-6-9-16(21)17(22)11-14)28-15-7-4-13(5-8-15)23-20(26)18-3-2-10-27-18/h2-12H,1H3,(H,23,26)(H,24,25). The van der Waals surface area contributed by atoms with Crippen molar-refractivity contribution in [3.05, 3.63) is 74.9 Å². The van der Waals surface area contributed by atoms with Gasteiger partial charge in [-0.3, -0.25) is 9.59 Å². The molecule has 2 amide bonds. The Morgan fingerprint density at radius 1 is 0.964 bits per heavy atom. The van der Waals surface area contributed by atoms with E-state index in [0.29, 0.717) is 26.3 Å². The summed E-state index contributed by atoms with van der Waals surface area (Å²) in [5.74, 6) is -0.275. The fourth-order valence-corrected chi connectivity index (χ4v) is 4.08. The van der Waals surface area contributed by atoms with E-state index in [1.165, 1.54) is 23.1 Å². The molecule has 2 N–H and O–H groups in total. The van der Waals surface area contributed by atoms with Crippen LogP contribution in [0.5, 0.6) is 0 Å². The Bertz CT molecular complexity index is 976. The second-order valence-corrected chi connectivity index (χ2v) is 9.01. The molecule has 0 fully saturated rings. The van der Waals surface area contributed by atoms with E-state index in [4.69, 9.17) is 23.2 Å². The van der Waals surface area contributed by atoms with Crippen molar-refractivity contribution >= 4 is 69.5 Å². The summed E-state index contributed by atoms with van der Waals surface area (Å²) in [6.07, 6.45) is 0. The lowest BCUT2D eigenvalue weighted by Crippen LogP contribution is -2.22. The number of thiophene rings is 1. The smallest absolute Gasteiger partial charge is 0.265 e. The van der Waals surface area contributed by atoms with Gasteiger partial charge in [0, 0.05) is 16.3 Å². The lowest BCUT2D eigenvalue weighted by molar-refractivity contribution is -0.115. The van der Waals surface area contributed by atoms with Gasteiger partial charge in [-0.25, -0.2) is 0 Å². The molecule has 0 aliphatic heterocycles. The zero-order valence-electron chi connectivity index (χ0n) is 14.7. The molecule has 1 unspecified atom stereocenters. The van der Waals surface area contributed by atoms with E-state index in [2.05, 4.69) is 10.6 Å². The number of hydrogen-bond donors (Lipinski definition) is 2. The number of anilines is 2. The van der Waals surface area contributed by atoms with E-state index in [-0.39, 0.29) is 17.1 Å². The second-order valence-electron chi connectivity index (χ2n) is 5.83. The zero-order valence-corrected chi connectivity index (χ0v) is 17.9. The van der Waals surface area contributed by atoms with Crippen LogP contribution in [0.2, 0.25) is 10.0 Å². The van der Waals surface area contributed by atoms with Crippen LogP contribution in [-0.4, -0.2) is 17.1 Å². The average molecular weight is 451 g/mol. The summed E-state index contributed by atoms with van der Waals surface area (Å²) in [7, 11) is 0. The maximum Gasteiger partial charge on any atom is 0.265 e. The third kappa shape index (κ3) is 5.52. The van der Waals surface area contributed by atoms with E-state index in [1.807, 2.05) is 42.6 Å². The highest BCUT2D eigenvalue weighted by Gasteiger charge is 2.15. The summed E-state index contributed by atoms with van der Waals surface area (Å²) in [6.45, 7) is 1.82. The summed E-state index contributed by atoms with van der Waals surface area (Å²) < 4.78 is 0. The highest BCUT2D eigenvalue weighted by Crippen LogP contribution is 2.28. The topological polar surface area (TPSA) is 58.2 Å².